The van der Waals surface area contributed by atoms with Gasteiger partial charge in [-0.1, -0.05) is 22.0 Å². The molecule has 2 N–H and O–H groups in total. The van der Waals surface area contributed by atoms with Gasteiger partial charge in [0.05, 0.1) is 4.88 Å². The van der Waals surface area contributed by atoms with Crippen molar-refractivity contribution in [1.29, 1.82) is 0 Å². The number of carbonyl (C=O) groups is 2. The average molecular weight is 369 g/mol. The molecule has 0 aliphatic rings. The van der Waals surface area contributed by atoms with Crippen molar-refractivity contribution in [2.45, 2.75) is 13.0 Å². The molecule has 0 saturated carbocycles. The third-order valence-electron chi connectivity index (χ3n) is 2.54. The third-order valence-corrected chi connectivity index (χ3v) is 3.94. The topological polar surface area (TPSA) is 67.4 Å². The molecule has 1 aromatic heterocycles. The van der Waals surface area contributed by atoms with E-state index in [1.54, 1.807) is 36.6 Å². The second kappa shape index (κ2) is 7.24. The largest absolute Gasteiger partial charge is 0.481 e. The zero-order valence-electron chi connectivity index (χ0n) is 11.1. The first-order chi connectivity index (χ1) is 10.1. The van der Waals surface area contributed by atoms with Gasteiger partial charge in [0.15, 0.2) is 6.10 Å². The van der Waals surface area contributed by atoms with Gasteiger partial charge in [0.1, 0.15) is 5.75 Å². The molecule has 0 aliphatic carbocycles. The molecule has 0 bridgehead atoms. The van der Waals surface area contributed by atoms with Crippen LogP contribution in [0, 0.1) is 0 Å². The zero-order valence-corrected chi connectivity index (χ0v) is 13.5. The fraction of sp³-hybridized carbons (Fsp3) is 0.143. The van der Waals surface area contributed by atoms with Crippen molar-refractivity contribution in [2.75, 3.05) is 0 Å². The quantitative estimate of drug-likeness (QED) is 0.815. The van der Waals surface area contributed by atoms with Crippen LogP contribution in [0.15, 0.2) is 46.3 Å². The summed E-state index contributed by atoms with van der Waals surface area (Å²) in [7, 11) is 0. The Bertz CT molecular complexity index is 614. The maximum atomic E-state index is 11.8. The molecule has 1 atom stereocenters. The first-order valence-electron chi connectivity index (χ1n) is 6.12. The van der Waals surface area contributed by atoms with Crippen LogP contribution in [0.4, 0.5) is 0 Å². The van der Waals surface area contributed by atoms with Gasteiger partial charge >= 0.3 is 0 Å². The van der Waals surface area contributed by atoms with Gasteiger partial charge in [0, 0.05) is 4.47 Å². The van der Waals surface area contributed by atoms with E-state index < -0.39 is 12.0 Å². The fourth-order valence-corrected chi connectivity index (χ4v) is 2.34. The smallest absolute Gasteiger partial charge is 0.279 e. The Hall–Kier alpha value is -1.86. The molecule has 0 fully saturated rings. The highest BCUT2D eigenvalue weighted by Crippen LogP contribution is 2.17. The molecule has 2 amide bonds. The zero-order chi connectivity index (χ0) is 15.2. The van der Waals surface area contributed by atoms with Crippen molar-refractivity contribution < 1.29 is 14.3 Å². The Morgan fingerprint density at radius 3 is 2.52 bits per heavy atom. The van der Waals surface area contributed by atoms with Gasteiger partial charge in [-0.3, -0.25) is 20.4 Å². The normalized spacial score (nSPS) is 11.5. The number of benzene rings is 1. The van der Waals surface area contributed by atoms with E-state index in [0.717, 1.165) is 4.47 Å². The third kappa shape index (κ3) is 4.57. The maximum absolute atomic E-state index is 11.8. The number of carbonyl (C=O) groups excluding carboxylic acids is 2. The van der Waals surface area contributed by atoms with Crippen molar-refractivity contribution in [2.24, 2.45) is 0 Å². The van der Waals surface area contributed by atoms with E-state index in [1.807, 2.05) is 12.1 Å². The van der Waals surface area contributed by atoms with Crippen LogP contribution in [0.5, 0.6) is 5.75 Å². The summed E-state index contributed by atoms with van der Waals surface area (Å²) in [5.74, 6) is -0.206. The van der Waals surface area contributed by atoms with Crippen LogP contribution < -0.4 is 15.6 Å². The number of hydrazine groups is 1. The van der Waals surface area contributed by atoms with Crippen molar-refractivity contribution in [3.05, 3.63) is 51.1 Å². The molecule has 0 spiro atoms. The highest BCUT2D eigenvalue weighted by atomic mass is 79.9. The number of rotatable bonds is 4. The van der Waals surface area contributed by atoms with Gasteiger partial charge in [-0.15, -0.1) is 11.3 Å². The van der Waals surface area contributed by atoms with E-state index >= 15 is 0 Å². The second-order valence-electron chi connectivity index (χ2n) is 4.13. The Kier molecular flexibility index (Phi) is 5.35. The van der Waals surface area contributed by atoms with E-state index in [9.17, 15) is 9.59 Å². The molecular weight excluding hydrogens is 356 g/mol. The van der Waals surface area contributed by atoms with Crippen LogP contribution in [0.1, 0.15) is 16.6 Å². The lowest BCUT2D eigenvalue weighted by Gasteiger charge is -2.14. The molecule has 1 heterocycles. The molecule has 0 saturated heterocycles. The van der Waals surface area contributed by atoms with E-state index in [2.05, 4.69) is 26.8 Å². The number of halogens is 1. The number of amides is 2. The molecule has 1 aromatic carbocycles. The summed E-state index contributed by atoms with van der Waals surface area (Å²) >= 11 is 4.61. The van der Waals surface area contributed by atoms with Crippen LogP contribution in [0.25, 0.3) is 0 Å². The van der Waals surface area contributed by atoms with Crippen LogP contribution >= 0.6 is 27.3 Å². The van der Waals surface area contributed by atoms with E-state index in [1.165, 1.54) is 11.3 Å². The molecule has 0 radical (unpaired) electrons. The predicted molar refractivity (Wildman–Crippen MR) is 84.2 cm³/mol. The molecular formula is C14H13BrN2O3S. The SMILES string of the molecule is C[C@@H](Oc1ccc(Br)cc1)C(=O)NNC(=O)c1cccs1. The Labute approximate surface area is 134 Å². The summed E-state index contributed by atoms with van der Waals surface area (Å²) in [5, 5.41) is 1.79. The molecule has 2 rings (SSSR count). The lowest BCUT2D eigenvalue weighted by atomic mass is 10.3. The number of hydrogen-bond acceptors (Lipinski definition) is 4. The summed E-state index contributed by atoms with van der Waals surface area (Å²) in [6, 6.07) is 10.6. The molecule has 0 aliphatic heterocycles. The van der Waals surface area contributed by atoms with Gasteiger partial charge in [0.25, 0.3) is 11.8 Å². The Morgan fingerprint density at radius 1 is 1.19 bits per heavy atom. The van der Waals surface area contributed by atoms with Crippen LogP contribution in [-0.4, -0.2) is 17.9 Å². The maximum Gasteiger partial charge on any atom is 0.279 e. The molecule has 21 heavy (non-hydrogen) atoms. The number of ether oxygens (including phenoxy) is 1. The van der Waals surface area contributed by atoms with E-state index in [-0.39, 0.29) is 5.91 Å². The Morgan fingerprint density at radius 2 is 1.90 bits per heavy atom. The number of hydrogen-bond donors (Lipinski definition) is 2. The molecule has 7 heteroatoms. The van der Waals surface area contributed by atoms with Gasteiger partial charge < -0.3 is 4.74 Å². The lowest BCUT2D eigenvalue weighted by molar-refractivity contribution is -0.128. The van der Waals surface area contributed by atoms with Gasteiger partial charge in [-0.2, -0.15) is 0 Å². The van der Waals surface area contributed by atoms with Crippen LogP contribution in [0.3, 0.4) is 0 Å². The van der Waals surface area contributed by atoms with Crippen molar-refractivity contribution in [3.63, 3.8) is 0 Å². The van der Waals surface area contributed by atoms with Gasteiger partial charge in [0.2, 0.25) is 0 Å². The number of nitrogens with one attached hydrogen (secondary N) is 2. The lowest BCUT2D eigenvalue weighted by Crippen LogP contribution is -2.47. The summed E-state index contributed by atoms with van der Waals surface area (Å²) in [6.45, 7) is 1.61. The highest BCUT2D eigenvalue weighted by molar-refractivity contribution is 9.10. The van der Waals surface area contributed by atoms with Crippen molar-refractivity contribution in [1.82, 2.24) is 10.9 Å². The fourth-order valence-electron chi connectivity index (χ4n) is 1.46. The Balaban J connectivity index is 1.82. The summed E-state index contributed by atoms with van der Waals surface area (Å²) in [6.07, 6.45) is -0.727. The first-order valence-corrected chi connectivity index (χ1v) is 7.79. The molecule has 110 valence electrons. The minimum atomic E-state index is -0.727. The molecule has 5 nitrogen and oxygen atoms in total. The minimum absolute atomic E-state index is 0.353. The number of thiophene rings is 1. The van der Waals surface area contributed by atoms with E-state index in [4.69, 9.17) is 4.74 Å². The first kappa shape index (κ1) is 15.5. The summed E-state index contributed by atoms with van der Waals surface area (Å²) in [5.41, 5.74) is 4.68. The standard InChI is InChI=1S/C14H13BrN2O3S/c1-9(20-11-6-4-10(15)5-7-11)13(18)16-17-14(19)12-3-2-8-21-12/h2-9H,1H3,(H,16,18)(H,17,19)/t9-/m1/s1. The van der Waals surface area contributed by atoms with Gasteiger partial charge in [-0.05, 0) is 42.6 Å². The monoisotopic (exact) mass is 368 g/mol. The average Bonchev–Trinajstić information content (AvgIpc) is 3.01. The minimum Gasteiger partial charge on any atom is -0.481 e. The summed E-state index contributed by atoms with van der Waals surface area (Å²) < 4.78 is 6.40. The van der Waals surface area contributed by atoms with Crippen molar-refractivity contribution >= 4 is 39.1 Å². The van der Waals surface area contributed by atoms with Crippen LogP contribution in [0.2, 0.25) is 0 Å². The van der Waals surface area contributed by atoms with Gasteiger partial charge in [-0.25, -0.2) is 0 Å². The van der Waals surface area contributed by atoms with Crippen molar-refractivity contribution in [3.8, 4) is 5.75 Å². The summed E-state index contributed by atoms with van der Waals surface area (Å²) in [4.78, 5) is 24.0. The second-order valence-corrected chi connectivity index (χ2v) is 6.00. The molecule has 2 aromatic rings. The van der Waals surface area contributed by atoms with E-state index in [0.29, 0.717) is 10.6 Å². The molecule has 0 unspecified atom stereocenters. The predicted octanol–water partition coefficient (Wildman–Crippen LogP) is 2.74. The van der Waals surface area contributed by atoms with Crippen LogP contribution in [-0.2, 0) is 4.79 Å². The highest BCUT2D eigenvalue weighted by Gasteiger charge is 2.16.